The molecule has 55 heavy (non-hydrogen) atoms. The average molecular weight is 936 g/mol. The van der Waals surface area contributed by atoms with Crippen molar-refractivity contribution in [3.63, 3.8) is 0 Å². The van der Waals surface area contributed by atoms with E-state index in [4.69, 9.17) is 0 Å². The molecule has 0 radical (unpaired) electrons. The summed E-state index contributed by atoms with van der Waals surface area (Å²) in [6, 6.07) is 3.18. The van der Waals surface area contributed by atoms with Crippen molar-refractivity contribution in [2.45, 2.75) is 60.4 Å². The van der Waals surface area contributed by atoms with Crippen LogP contribution in [0.4, 0.5) is 79.0 Å². The van der Waals surface area contributed by atoms with Gasteiger partial charge in [-0.2, -0.15) is 95.9 Å². The molecule has 308 valence electrons. The molecule has 9 nitrogen and oxygen atoms in total. The first-order valence-corrected chi connectivity index (χ1v) is 16.8. The summed E-state index contributed by atoms with van der Waals surface area (Å²) in [5.41, 5.74) is -3.58. The molecule has 0 saturated carbocycles. The average Bonchev–Trinajstić information content (AvgIpc) is 2.98. The van der Waals surface area contributed by atoms with Crippen molar-refractivity contribution in [3.8, 4) is 34.3 Å². The fourth-order valence-electron chi connectivity index (χ4n) is 3.79. The summed E-state index contributed by atoms with van der Waals surface area (Å²) in [6.45, 7) is 1.87. The number of rotatable bonds is 12. The van der Waals surface area contributed by atoms with Crippen molar-refractivity contribution < 1.29 is 104 Å². The number of nitrogens with zero attached hydrogens (tertiary/aromatic N) is 3. The summed E-state index contributed by atoms with van der Waals surface area (Å²) in [7, 11) is -14.9. The molecule has 3 aromatic rings. The third kappa shape index (κ3) is 7.80. The zero-order valence-electron chi connectivity index (χ0n) is 25.8. The van der Waals surface area contributed by atoms with E-state index in [1.54, 1.807) is 0 Å². The van der Waals surface area contributed by atoms with E-state index in [9.17, 15) is 95.9 Å². The number of halogens is 19. The highest BCUT2D eigenvalue weighted by molar-refractivity contribution is 9.10. The van der Waals surface area contributed by atoms with Gasteiger partial charge < -0.3 is 8.37 Å². The minimum atomic E-state index is -7.66. The van der Waals surface area contributed by atoms with E-state index >= 15 is 0 Å². The van der Waals surface area contributed by atoms with Gasteiger partial charge in [0.15, 0.2) is 0 Å². The molecule has 0 unspecified atom stereocenters. The number of pyridine rings is 3. The Balaban J connectivity index is 2.08. The van der Waals surface area contributed by atoms with Gasteiger partial charge >= 0.3 is 66.8 Å². The Morgan fingerprint density at radius 1 is 0.455 bits per heavy atom. The van der Waals surface area contributed by atoms with Gasteiger partial charge in [-0.15, -0.1) is 0 Å². The van der Waals surface area contributed by atoms with Crippen LogP contribution in [0.1, 0.15) is 11.4 Å². The Labute approximate surface area is 302 Å². The molecule has 0 amide bonds. The van der Waals surface area contributed by atoms with Gasteiger partial charge in [0.25, 0.3) is 0 Å². The highest BCUT2D eigenvalue weighted by atomic mass is 79.9. The van der Waals surface area contributed by atoms with Crippen LogP contribution in [-0.2, 0) is 20.2 Å². The van der Waals surface area contributed by atoms with Gasteiger partial charge in [0.2, 0.25) is 0 Å². The molecule has 3 rings (SSSR count). The Morgan fingerprint density at radius 3 is 1.00 bits per heavy atom. The van der Waals surface area contributed by atoms with Crippen molar-refractivity contribution in [2.75, 3.05) is 0 Å². The number of aromatic nitrogens is 3. The molecule has 3 aromatic heterocycles. The normalized spacial score (nSPS) is 14.6. The maximum absolute atomic E-state index is 14.2. The number of hydrogen-bond acceptors (Lipinski definition) is 9. The summed E-state index contributed by atoms with van der Waals surface area (Å²) in [5, 5.41) is -14.5. The van der Waals surface area contributed by atoms with Crippen molar-refractivity contribution in [1.82, 2.24) is 15.0 Å². The Bertz CT molecular complexity index is 2050. The molecule has 0 saturated heterocycles. The first-order valence-electron chi connectivity index (χ1n) is 13.2. The third-order valence-electron chi connectivity index (χ3n) is 6.44. The lowest BCUT2D eigenvalue weighted by Crippen LogP contribution is -2.63. The summed E-state index contributed by atoms with van der Waals surface area (Å²) >= 11 is 2.90. The summed E-state index contributed by atoms with van der Waals surface area (Å²) in [4.78, 5) is 11.4. The summed E-state index contributed by atoms with van der Waals surface area (Å²) < 4.78 is 295. The predicted octanol–water partition coefficient (Wildman–Crippen LogP) is 8.85. The fourth-order valence-corrected chi connectivity index (χ4v) is 6.01. The van der Waals surface area contributed by atoms with E-state index in [0.29, 0.717) is 12.1 Å². The van der Waals surface area contributed by atoms with Crippen LogP contribution < -0.4 is 8.37 Å². The van der Waals surface area contributed by atoms with Crippen LogP contribution in [0.5, 0.6) is 11.5 Å². The van der Waals surface area contributed by atoms with Gasteiger partial charge in [0.1, 0.15) is 11.5 Å². The Hall–Kier alpha value is -3.83. The van der Waals surface area contributed by atoms with Gasteiger partial charge in [-0.05, 0) is 26.0 Å². The molecular formula is C25H12BrF18N3O6S2. The number of aryl methyl sites for hydroxylation is 2. The zero-order chi connectivity index (χ0) is 43.0. The van der Waals surface area contributed by atoms with Crippen LogP contribution >= 0.6 is 15.9 Å². The maximum atomic E-state index is 14.2. The molecule has 0 aliphatic heterocycles. The molecule has 30 heteroatoms. The van der Waals surface area contributed by atoms with E-state index < -0.39 is 112 Å². The van der Waals surface area contributed by atoms with Gasteiger partial charge in [-0.25, -0.2) is 4.98 Å². The molecule has 0 bridgehead atoms. The van der Waals surface area contributed by atoms with E-state index in [0.717, 1.165) is 26.0 Å². The van der Waals surface area contributed by atoms with E-state index in [-0.39, 0.29) is 16.6 Å². The van der Waals surface area contributed by atoms with Crippen molar-refractivity contribution in [3.05, 3.63) is 52.3 Å². The SMILES string of the molecule is Cc1cc(OS(=O)(=O)C(F)(F)C(F)(F)C(F)(F)C(F)(F)F)cc(-c2cc(Br)cc(-c3cc(OS(=O)(=O)C(F)(F)C(F)(F)C(F)(F)C(F)(F)F)cc(C)n3)n2)n1. The molecule has 0 aliphatic rings. The highest BCUT2D eigenvalue weighted by Crippen LogP contribution is 2.56. The lowest BCUT2D eigenvalue weighted by atomic mass is 10.1. The second-order valence-electron chi connectivity index (χ2n) is 10.6. The third-order valence-corrected chi connectivity index (χ3v) is 9.49. The highest BCUT2D eigenvalue weighted by Gasteiger charge is 2.87. The van der Waals surface area contributed by atoms with Crippen LogP contribution in [0, 0.1) is 13.8 Å². The smallest absolute Gasteiger partial charge is 0.378 e. The van der Waals surface area contributed by atoms with E-state index in [1.807, 2.05) is 0 Å². The predicted molar refractivity (Wildman–Crippen MR) is 149 cm³/mol. The molecule has 0 spiro atoms. The monoisotopic (exact) mass is 935 g/mol. The van der Waals surface area contributed by atoms with Crippen LogP contribution in [-0.4, -0.2) is 78.3 Å². The number of alkyl halides is 18. The van der Waals surface area contributed by atoms with Crippen molar-refractivity contribution in [2.24, 2.45) is 0 Å². The van der Waals surface area contributed by atoms with Gasteiger partial charge in [0.05, 0.1) is 22.8 Å². The number of hydrogen-bond donors (Lipinski definition) is 0. The molecule has 0 aliphatic carbocycles. The molecule has 3 heterocycles. The fraction of sp³-hybridized carbons (Fsp3) is 0.400. The topological polar surface area (TPSA) is 125 Å². The van der Waals surface area contributed by atoms with Crippen molar-refractivity contribution >= 4 is 36.2 Å². The summed E-state index contributed by atoms with van der Waals surface area (Å²) in [5.74, 6) is -33.5. The largest absolute Gasteiger partial charge is 0.460 e. The molecule has 0 N–H and O–H groups in total. The van der Waals surface area contributed by atoms with Crippen LogP contribution in [0.15, 0.2) is 40.9 Å². The van der Waals surface area contributed by atoms with Gasteiger partial charge in [-0.1, -0.05) is 15.9 Å². The second kappa shape index (κ2) is 13.7. The lowest BCUT2D eigenvalue weighted by molar-refractivity contribution is -0.382. The molecule has 0 fully saturated rings. The van der Waals surface area contributed by atoms with Crippen LogP contribution in [0.2, 0.25) is 0 Å². The second-order valence-corrected chi connectivity index (χ2v) is 14.7. The zero-order valence-corrected chi connectivity index (χ0v) is 29.0. The standard InChI is InChI=1S/C25H12BrF18N3O6S2/c1-9-3-12(52-54(48,49)24(41,42)20(31,32)18(27,28)22(35,36)37)7-16(45-9)14-5-11(26)6-15(47-14)17-8-13(4-10(2)46-17)53-55(50,51)25(43,44)21(33,34)19(29,30)23(38,39)40/h3-8H,1-2H3. The quantitative estimate of drug-likeness (QED) is 0.129. The lowest BCUT2D eigenvalue weighted by Gasteiger charge is -2.32. The molecule has 0 aromatic carbocycles. The van der Waals surface area contributed by atoms with Gasteiger partial charge in [-0.3, -0.25) is 9.97 Å². The van der Waals surface area contributed by atoms with E-state index in [1.165, 1.54) is 0 Å². The Morgan fingerprint density at radius 2 is 0.727 bits per heavy atom. The van der Waals surface area contributed by atoms with E-state index in [2.05, 4.69) is 39.2 Å². The minimum Gasteiger partial charge on any atom is -0.378 e. The summed E-state index contributed by atoms with van der Waals surface area (Å²) in [6.07, 6.45) is -14.8. The first kappa shape index (κ1) is 45.6. The Kier molecular flexibility index (Phi) is 11.3. The van der Waals surface area contributed by atoms with Crippen LogP contribution in [0.25, 0.3) is 22.8 Å². The maximum Gasteiger partial charge on any atom is 0.460 e. The molecule has 0 atom stereocenters. The van der Waals surface area contributed by atoms with Gasteiger partial charge in [0, 0.05) is 40.1 Å². The van der Waals surface area contributed by atoms with Crippen LogP contribution in [0.3, 0.4) is 0 Å². The van der Waals surface area contributed by atoms with Crippen molar-refractivity contribution in [1.29, 1.82) is 0 Å². The molecular weight excluding hydrogens is 924 g/mol. The minimum absolute atomic E-state index is 0.162. The first-order chi connectivity index (χ1) is 24.3.